The number of hydrogen-bond donors (Lipinski definition) is 1. The van der Waals surface area contributed by atoms with Gasteiger partial charge >= 0.3 is 0 Å². The third-order valence-corrected chi connectivity index (χ3v) is 2.39. The number of ether oxygens (including phenoxy) is 1. The topological polar surface area (TPSA) is 21.3 Å². The van der Waals surface area contributed by atoms with Gasteiger partial charge in [0.05, 0.1) is 6.61 Å². The molecule has 0 spiro atoms. The first-order chi connectivity index (χ1) is 6.79. The highest BCUT2D eigenvalue weighted by molar-refractivity contribution is 5.48. The molecule has 1 fully saturated rings. The molecule has 2 nitrogen and oxygen atoms in total. The summed E-state index contributed by atoms with van der Waals surface area (Å²) in [5.74, 6) is 0.709. The van der Waals surface area contributed by atoms with Crippen LogP contribution in [0, 0.1) is 11.7 Å². The SMILES string of the molecule is CNc1ccc(F)c(OCC2CC2)c1. The Balaban J connectivity index is 2.04. The highest BCUT2D eigenvalue weighted by atomic mass is 19.1. The third-order valence-electron chi connectivity index (χ3n) is 2.39. The van der Waals surface area contributed by atoms with Crippen LogP contribution in [0.4, 0.5) is 10.1 Å². The first kappa shape index (κ1) is 9.31. The van der Waals surface area contributed by atoms with Crippen molar-refractivity contribution in [3.8, 4) is 5.75 Å². The molecule has 1 aliphatic rings. The summed E-state index contributed by atoms with van der Waals surface area (Å²) in [6.45, 7) is 0.643. The van der Waals surface area contributed by atoms with E-state index in [1.54, 1.807) is 19.2 Å². The minimum absolute atomic E-state index is 0.287. The lowest BCUT2D eigenvalue weighted by Gasteiger charge is -2.08. The number of anilines is 1. The van der Waals surface area contributed by atoms with Crippen LogP contribution in [0.5, 0.6) is 5.75 Å². The van der Waals surface area contributed by atoms with Crippen molar-refractivity contribution in [2.24, 2.45) is 5.92 Å². The maximum atomic E-state index is 13.2. The van der Waals surface area contributed by atoms with Crippen LogP contribution in [0.25, 0.3) is 0 Å². The summed E-state index contributed by atoms with van der Waals surface area (Å²) in [6.07, 6.45) is 2.43. The Bertz CT molecular complexity index is 323. The molecule has 2 rings (SSSR count). The van der Waals surface area contributed by atoms with Crippen molar-refractivity contribution >= 4 is 5.69 Å². The van der Waals surface area contributed by atoms with Crippen LogP contribution >= 0.6 is 0 Å². The van der Waals surface area contributed by atoms with Gasteiger partial charge in [-0.05, 0) is 30.9 Å². The van der Waals surface area contributed by atoms with Crippen LogP contribution < -0.4 is 10.1 Å². The van der Waals surface area contributed by atoms with Crippen LogP contribution in [0.1, 0.15) is 12.8 Å². The molecule has 0 heterocycles. The fourth-order valence-corrected chi connectivity index (χ4v) is 1.26. The molecule has 1 aromatic rings. The summed E-state index contributed by atoms with van der Waals surface area (Å²) in [6, 6.07) is 4.81. The molecule has 0 aromatic heterocycles. The summed E-state index contributed by atoms with van der Waals surface area (Å²) in [4.78, 5) is 0. The third kappa shape index (κ3) is 2.16. The summed E-state index contributed by atoms with van der Waals surface area (Å²) in [5, 5.41) is 2.95. The Hall–Kier alpha value is -1.25. The largest absolute Gasteiger partial charge is 0.490 e. The fraction of sp³-hybridized carbons (Fsp3) is 0.455. The van der Waals surface area contributed by atoms with Gasteiger partial charge in [-0.1, -0.05) is 0 Å². The zero-order valence-electron chi connectivity index (χ0n) is 8.22. The summed E-state index contributed by atoms with van der Waals surface area (Å²) < 4.78 is 18.6. The van der Waals surface area contributed by atoms with Gasteiger partial charge in [0.15, 0.2) is 11.6 Å². The van der Waals surface area contributed by atoms with Crippen molar-refractivity contribution in [3.63, 3.8) is 0 Å². The molecule has 0 atom stereocenters. The number of halogens is 1. The highest BCUT2D eigenvalue weighted by Crippen LogP contribution is 2.30. The molecule has 3 heteroatoms. The van der Waals surface area contributed by atoms with E-state index in [9.17, 15) is 4.39 Å². The Morgan fingerprint density at radius 2 is 2.29 bits per heavy atom. The van der Waals surface area contributed by atoms with Gasteiger partial charge in [-0.25, -0.2) is 4.39 Å². The van der Waals surface area contributed by atoms with Crippen molar-refractivity contribution in [3.05, 3.63) is 24.0 Å². The normalized spacial score (nSPS) is 15.3. The van der Waals surface area contributed by atoms with Crippen molar-refractivity contribution in [1.82, 2.24) is 0 Å². The average Bonchev–Trinajstić information content (AvgIpc) is 3.00. The molecule has 0 saturated heterocycles. The minimum Gasteiger partial charge on any atom is -0.490 e. The Morgan fingerprint density at radius 3 is 2.93 bits per heavy atom. The smallest absolute Gasteiger partial charge is 0.165 e. The monoisotopic (exact) mass is 195 g/mol. The molecular weight excluding hydrogens is 181 g/mol. The number of benzene rings is 1. The fourth-order valence-electron chi connectivity index (χ4n) is 1.26. The molecule has 1 aromatic carbocycles. The molecule has 0 radical (unpaired) electrons. The standard InChI is InChI=1S/C11H14FNO/c1-13-9-4-5-10(12)11(6-9)14-7-8-2-3-8/h4-6,8,13H,2-3,7H2,1H3. The molecule has 0 amide bonds. The molecule has 1 aliphatic carbocycles. The van der Waals surface area contributed by atoms with E-state index in [0.717, 1.165) is 5.69 Å². The number of hydrogen-bond acceptors (Lipinski definition) is 2. The number of rotatable bonds is 4. The highest BCUT2D eigenvalue weighted by Gasteiger charge is 2.22. The van der Waals surface area contributed by atoms with Gasteiger partial charge in [-0.2, -0.15) is 0 Å². The Labute approximate surface area is 83.1 Å². The van der Waals surface area contributed by atoms with Crippen LogP contribution in [-0.4, -0.2) is 13.7 Å². The quantitative estimate of drug-likeness (QED) is 0.797. The lowest BCUT2D eigenvalue weighted by atomic mass is 10.3. The second-order valence-corrected chi connectivity index (χ2v) is 3.65. The maximum absolute atomic E-state index is 13.2. The van der Waals surface area contributed by atoms with E-state index < -0.39 is 0 Å². The summed E-state index contributed by atoms with van der Waals surface area (Å²) in [7, 11) is 1.80. The first-order valence-electron chi connectivity index (χ1n) is 4.89. The molecule has 76 valence electrons. The summed E-state index contributed by atoms with van der Waals surface area (Å²) in [5.41, 5.74) is 0.872. The zero-order valence-corrected chi connectivity index (χ0v) is 8.22. The summed E-state index contributed by atoms with van der Waals surface area (Å²) >= 11 is 0. The van der Waals surface area contributed by atoms with E-state index in [0.29, 0.717) is 18.3 Å². The molecule has 1 saturated carbocycles. The number of nitrogens with one attached hydrogen (secondary N) is 1. The minimum atomic E-state index is -0.287. The van der Waals surface area contributed by atoms with Crippen molar-refractivity contribution in [2.75, 3.05) is 19.0 Å². The van der Waals surface area contributed by atoms with Crippen LogP contribution in [0.15, 0.2) is 18.2 Å². The second kappa shape index (κ2) is 3.86. The first-order valence-corrected chi connectivity index (χ1v) is 4.89. The van der Waals surface area contributed by atoms with Gasteiger partial charge in [-0.15, -0.1) is 0 Å². The molecule has 14 heavy (non-hydrogen) atoms. The van der Waals surface area contributed by atoms with Crippen molar-refractivity contribution < 1.29 is 9.13 Å². The maximum Gasteiger partial charge on any atom is 0.165 e. The van der Waals surface area contributed by atoms with Gasteiger partial charge in [0.2, 0.25) is 0 Å². The van der Waals surface area contributed by atoms with Crippen molar-refractivity contribution in [1.29, 1.82) is 0 Å². The van der Waals surface area contributed by atoms with Gasteiger partial charge in [0, 0.05) is 18.8 Å². The Kier molecular flexibility index (Phi) is 2.57. The molecule has 0 aliphatic heterocycles. The van der Waals surface area contributed by atoms with Gasteiger partial charge < -0.3 is 10.1 Å². The zero-order chi connectivity index (χ0) is 9.97. The van der Waals surface area contributed by atoms with Crippen molar-refractivity contribution in [2.45, 2.75) is 12.8 Å². The van der Waals surface area contributed by atoms with Crippen LogP contribution in [0.2, 0.25) is 0 Å². The Morgan fingerprint density at radius 1 is 1.50 bits per heavy atom. The lowest BCUT2D eigenvalue weighted by Crippen LogP contribution is -2.01. The van der Waals surface area contributed by atoms with E-state index in [4.69, 9.17) is 4.74 Å². The molecular formula is C11H14FNO. The molecule has 1 N–H and O–H groups in total. The van der Waals surface area contributed by atoms with E-state index in [-0.39, 0.29) is 5.82 Å². The van der Waals surface area contributed by atoms with Gasteiger partial charge in [0.1, 0.15) is 0 Å². The van der Waals surface area contributed by atoms with Gasteiger partial charge in [0.25, 0.3) is 0 Å². The molecule has 0 bridgehead atoms. The van der Waals surface area contributed by atoms with E-state index in [1.807, 2.05) is 0 Å². The predicted octanol–water partition coefficient (Wildman–Crippen LogP) is 2.66. The van der Waals surface area contributed by atoms with E-state index in [1.165, 1.54) is 18.9 Å². The predicted molar refractivity (Wildman–Crippen MR) is 54.2 cm³/mol. The average molecular weight is 195 g/mol. The van der Waals surface area contributed by atoms with E-state index >= 15 is 0 Å². The molecule has 0 unspecified atom stereocenters. The lowest BCUT2D eigenvalue weighted by molar-refractivity contribution is 0.285. The van der Waals surface area contributed by atoms with Crippen LogP contribution in [0.3, 0.4) is 0 Å². The van der Waals surface area contributed by atoms with Gasteiger partial charge in [-0.3, -0.25) is 0 Å². The second-order valence-electron chi connectivity index (χ2n) is 3.65. The van der Waals surface area contributed by atoms with E-state index in [2.05, 4.69) is 5.32 Å². The van der Waals surface area contributed by atoms with Crippen LogP contribution in [-0.2, 0) is 0 Å².